The Hall–Kier alpha value is -2.66. The first kappa shape index (κ1) is 19.6. The fourth-order valence-electron chi connectivity index (χ4n) is 3.80. The number of hydrogen-bond donors (Lipinski definition) is 1. The van der Waals surface area contributed by atoms with Crippen molar-refractivity contribution in [1.82, 2.24) is 9.88 Å². The van der Waals surface area contributed by atoms with E-state index >= 15 is 0 Å². The third-order valence-corrected chi connectivity index (χ3v) is 5.67. The molecular formula is C23H23ClFN3O. The summed E-state index contributed by atoms with van der Waals surface area (Å²) in [7, 11) is 0. The third-order valence-electron chi connectivity index (χ3n) is 5.43. The van der Waals surface area contributed by atoms with Crippen LogP contribution in [0.25, 0.3) is 10.9 Å². The van der Waals surface area contributed by atoms with Crippen LogP contribution in [0.1, 0.15) is 48.1 Å². The van der Waals surface area contributed by atoms with E-state index in [2.05, 4.69) is 10.3 Å². The number of piperidine rings is 1. The molecule has 0 saturated carbocycles. The molecule has 150 valence electrons. The zero-order valence-electron chi connectivity index (χ0n) is 16.3. The molecule has 1 amide bonds. The fraction of sp³-hybridized carbons (Fsp3) is 0.304. The van der Waals surface area contributed by atoms with Gasteiger partial charge in [0.1, 0.15) is 5.82 Å². The first-order valence-corrected chi connectivity index (χ1v) is 10.3. The van der Waals surface area contributed by atoms with E-state index < -0.39 is 0 Å². The van der Waals surface area contributed by atoms with Crippen molar-refractivity contribution in [1.29, 1.82) is 0 Å². The van der Waals surface area contributed by atoms with Crippen molar-refractivity contribution in [2.24, 2.45) is 0 Å². The number of nitrogens with one attached hydrogen (secondary N) is 1. The zero-order valence-corrected chi connectivity index (χ0v) is 17.0. The number of pyridine rings is 1. The molecule has 3 aromatic rings. The van der Waals surface area contributed by atoms with Crippen LogP contribution < -0.4 is 5.32 Å². The second-order valence-corrected chi connectivity index (χ2v) is 7.92. The van der Waals surface area contributed by atoms with Crippen LogP contribution in [0.15, 0.2) is 48.7 Å². The lowest BCUT2D eigenvalue weighted by Crippen LogP contribution is -2.36. The summed E-state index contributed by atoms with van der Waals surface area (Å²) in [5, 5.41) is 4.85. The predicted molar refractivity (Wildman–Crippen MR) is 115 cm³/mol. The lowest BCUT2D eigenvalue weighted by Gasteiger charge is -2.28. The van der Waals surface area contributed by atoms with Crippen LogP contribution in [0.3, 0.4) is 0 Å². The Morgan fingerprint density at radius 3 is 2.59 bits per heavy atom. The summed E-state index contributed by atoms with van der Waals surface area (Å²) in [6, 6.07) is 11.7. The molecule has 1 aliphatic heterocycles. The minimum Gasteiger partial charge on any atom is -0.377 e. The summed E-state index contributed by atoms with van der Waals surface area (Å²) in [6.07, 6.45) is 4.84. The molecule has 2 aromatic carbocycles. The van der Waals surface area contributed by atoms with E-state index in [1.165, 1.54) is 12.1 Å². The topological polar surface area (TPSA) is 45.2 Å². The average Bonchev–Trinajstić information content (AvgIpc) is 2.74. The average molecular weight is 412 g/mol. The number of rotatable bonds is 4. The van der Waals surface area contributed by atoms with Crippen molar-refractivity contribution in [3.63, 3.8) is 0 Å². The van der Waals surface area contributed by atoms with Gasteiger partial charge in [-0.3, -0.25) is 9.78 Å². The molecule has 6 heteroatoms. The van der Waals surface area contributed by atoms with Crippen LogP contribution in [-0.2, 0) is 0 Å². The third kappa shape index (κ3) is 4.20. The molecular weight excluding hydrogens is 389 g/mol. The van der Waals surface area contributed by atoms with Gasteiger partial charge in [-0.2, -0.15) is 0 Å². The van der Waals surface area contributed by atoms with E-state index in [1.54, 1.807) is 24.4 Å². The van der Waals surface area contributed by atoms with Crippen molar-refractivity contribution < 1.29 is 9.18 Å². The molecule has 4 nitrogen and oxygen atoms in total. The van der Waals surface area contributed by atoms with Crippen LogP contribution in [-0.4, -0.2) is 28.9 Å². The number of hydrogen-bond acceptors (Lipinski definition) is 3. The number of amides is 1. The minimum atomic E-state index is -0.275. The van der Waals surface area contributed by atoms with Gasteiger partial charge in [-0.1, -0.05) is 23.7 Å². The molecule has 4 rings (SSSR count). The summed E-state index contributed by atoms with van der Waals surface area (Å²) in [6.45, 7) is 3.51. The number of benzene rings is 2. The summed E-state index contributed by atoms with van der Waals surface area (Å²) in [4.78, 5) is 19.7. The monoisotopic (exact) mass is 411 g/mol. The summed E-state index contributed by atoms with van der Waals surface area (Å²) >= 11 is 6.25. The van der Waals surface area contributed by atoms with Crippen molar-refractivity contribution in [3.05, 3.63) is 70.6 Å². The summed E-state index contributed by atoms with van der Waals surface area (Å²) in [5.41, 5.74) is 2.94. The number of nitrogens with zero attached hydrogens (tertiary/aromatic N) is 2. The first-order valence-electron chi connectivity index (χ1n) is 9.92. The molecule has 0 spiro atoms. The molecule has 1 fully saturated rings. The van der Waals surface area contributed by atoms with Gasteiger partial charge in [0.2, 0.25) is 0 Å². The highest BCUT2D eigenvalue weighted by atomic mass is 35.5. The van der Waals surface area contributed by atoms with Gasteiger partial charge in [0, 0.05) is 35.7 Å². The Morgan fingerprint density at radius 2 is 1.86 bits per heavy atom. The number of aromatic nitrogens is 1. The molecule has 1 atom stereocenters. The molecule has 0 aliphatic carbocycles. The molecule has 2 heterocycles. The number of carbonyl (C=O) groups excluding carboxylic acids is 1. The van der Waals surface area contributed by atoms with Gasteiger partial charge in [0.05, 0.1) is 16.8 Å². The zero-order chi connectivity index (χ0) is 20.4. The van der Waals surface area contributed by atoms with Crippen LogP contribution in [0, 0.1) is 5.82 Å². The van der Waals surface area contributed by atoms with E-state index in [4.69, 9.17) is 11.6 Å². The van der Waals surface area contributed by atoms with E-state index in [1.807, 2.05) is 24.0 Å². The summed E-state index contributed by atoms with van der Waals surface area (Å²) < 4.78 is 13.3. The minimum absolute atomic E-state index is 0.0205. The van der Waals surface area contributed by atoms with Crippen molar-refractivity contribution in [2.75, 3.05) is 18.4 Å². The van der Waals surface area contributed by atoms with E-state index in [9.17, 15) is 9.18 Å². The maximum atomic E-state index is 13.3. The highest BCUT2D eigenvalue weighted by Gasteiger charge is 2.23. The molecule has 1 N–H and O–H groups in total. The molecule has 1 aliphatic rings. The van der Waals surface area contributed by atoms with E-state index in [0.29, 0.717) is 16.3 Å². The van der Waals surface area contributed by atoms with Gasteiger partial charge in [0.15, 0.2) is 0 Å². The van der Waals surface area contributed by atoms with Gasteiger partial charge >= 0.3 is 0 Å². The molecule has 0 bridgehead atoms. The van der Waals surface area contributed by atoms with Crippen LogP contribution in [0.4, 0.5) is 10.1 Å². The first-order chi connectivity index (χ1) is 14.0. The standard InChI is InChI=1S/C23H23ClFN3O/c1-15(16-5-8-18(25)9-6-16)27-22-19-13-17(24)7-10-21(19)26-14-20(22)23(29)28-11-3-2-4-12-28/h5-10,13-15H,2-4,11-12H2,1H3,(H,26,27)/t15-/m0/s1. The van der Waals surface area contributed by atoms with Crippen molar-refractivity contribution in [2.45, 2.75) is 32.2 Å². The fourth-order valence-corrected chi connectivity index (χ4v) is 3.97. The quantitative estimate of drug-likeness (QED) is 0.587. The molecule has 1 saturated heterocycles. The Morgan fingerprint density at radius 1 is 1.14 bits per heavy atom. The van der Waals surface area contributed by atoms with Gasteiger partial charge < -0.3 is 10.2 Å². The number of likely N-dealkylation sites (tertiary alicyclic amines) is 1. The van der Waals surface area contributed by atoms with Gasteiger partial charge in [-0.05, 0) is 62.1 Å². The number of anilines is 1. The lowest BCUT2D eigenvalue weighted by molar-refractivity contribution is 0.0725. The second-order valence-electron chi connectivity index (χ2n) is 7.48. The second kappa shape index (κ2) is 8.37. The number of fused-ring (bicyclic) bond motifs is 1. The maximum Gasteiger partial charge on any atom is 0.257 e. The Kier molecular flexibility index (Phi) is 5.67. The van der Waals surface area contributed by atoms with Crippen LogP contribution >= 0.6 is 11.6 Å². The largest absolute Gasteiger partial charge is 0.377 e. The van der Waals surface area contributed by atoms with Crippen LogP contribution in [0.2, 0.25) is 5.02 Å². The Labute approximate surface area is 174 Å². The van der Waals surface area contributed by atoms with E-state index in [-0.39, 0.29) is 17.8 Å². The predicted octanol–water partition coefficient (Wildman–Crippen LogP) is 5.83. The normalized spacial score (nSPS) is 15.3. The number of halogens is 2. The lowest BCUT2D eigenvalue weighted by atomic mass is 10.0. The summed E-state index contributed by atoms with van der Waals surface area (Å²) in [5.74, 6) is -0.295. The molecule has 0 radical (unpaired) electrons. The highest BCUT2D eigenvalue weighted by Crippen LogP contribution is 2.32. The Bertz CT molecular complexity index is 1030. The molecule has 1 aromatic heterocycles. The van der Waals surface area contributed by atoms with Crippen LogP contribution in [0.5, 0.6) is 0 Å². The molecule has 0 unspecified atom stereocenters. The highest BCUT2D eigenvalue weighted by molar-refractivity contribution is 6.31. The van der Waals surface area contributed by atoms with E-state index in [0.717, 1.165) is 48.8 Å². The van der Waals surface area contributed by atoms with Crippen molar-refractivity contribution in [3.8, 4) is 0 Å². The van der Waals surface area contributed by atoms with Gasteiger partial charge in [-0.25, -0.2) is 4.39 Å². The smallest absolute Gasteiger partial charge is 0.257 e. The number of carbonyl (C=O) groups is 1. The van der Waals surface area contributed by atoms with Crippen molar-refractivity contribution >= 4 is 34.1 Å². The molecule has 29 heavy (non-hydrogen) atoms. The Balaban J connectivity index is 1.76. The SMILES string of the molecule is C[C@H](Nc1c(C(=O)N2CCCCC2)cnc2ccc(Cl)cc12)c1ccc(F)cc1. The maximum absolute atomic E-state index is 13.3. The van der Waals surface area contributed by atoms with Gasteiger partial charge in [0.25, 0.3) is 5.91 Å². The van der Waals surface area contributed by atoms with Gasteiger partial charge in [-0.15, -0.1) is 0 Å².